The average molecular weight is 220 g/mol. The Labute approximate surface area is 87.7 Å². The molecule has 78 valence electrons. The van der Waals surface area contributed by atoms with Gasteiger partial charge in [0.15, 0.2) is 0 Å². The Morgan fingerprint density at radius 2 is 2.07 bits per heavy atom. The summed E-state index contributed by atoms with van der Waals surface area (Å²) in [4.78, 5) is 0. The Bertz CT molecular complexity index is 328. The summed E-state index contributed by atoms with van der Waals surface area (Å²) in [6, 6.07) is 4.82. The van der Waals surface area contributed by atoms with E-state index in [1.807, 2.05) is 0 Å². The first kappa shape index (κ1) is 11.4. The molecule has 0 aliphatic heterocycles. The van der Waals surface area contributed by atoms with E-state index in [0.717, 1.165) is 24.0 Å². The van der Waals surface area contributed by atoms with E-state index in [1.54, 1.807) is 12.1 Å². The third-order valence-corrected chi connectivity index (χ3v) is 2.54. The van der Waals surface area contributed by atoms with Crippen LogP contribution in [0.25, 0.3) is 0 Å². The number of benzene rings is 1. The molecular formula is C10H12ClF2N. The van der Waals surface area contributed by atoms with Crippen LogP contribution < -0.4 is 5.73 Å². The molecule has 2 rings (SSSR count). The minimum Gasteiger partial charge on any atom is -0.324 e. The highest BCUT2D eigenvalue weighted by molar-refractivity contribution is 5.85. The fourth-order valence-electron chi connectivity index (χ4n) is 1.81. The molecule has 0 radical (unpaired) electrons. The fraction of sp³-hybridized carbons (Fsp3) is 0.400. The normalized spacial score (nSPS) is 19.3. The third-order valence-electron chi connectivity index (χ3n) is 2.54. The van der Waals surface area contributed by atoms with Crippen molar-refractivity contribution in [2.75, 3.05) is 0 Å². The minimum atomic E-state index is -2.37. The van der Waals surface area contributed by atoms with Crippen LogP contribution in [0.15, 0.2) is 18.2 Å². The van der Waals surface area contributed by atoms with Gasteiger partial charge in [0.1, 0.15) is 0 Å². The van der Waals surface area contributed by atoms with Gasteiger partial charge in [-0.25, -0.2) is 8.78 Å². The van der Waals surface area contributed by atoms with Crippen LogP contribution in [0.1, 0.15) is 35.6 Å². The third kappa shape index (κ3) is 1.88. The first-order valence-corrected chi connectivity index (χ1v) is 4.35. The lowest BCUT2D eigenvalue weighted by Gasteiger charge is -2.06. The van der Waals surface area contributed by atoms with Crippen LogP contribution in [0.5, 0.6) is 0 Å². The van der Waals surface area contributed by atoms with Crippen molar-refractivity contribution in [3.63, 3.8) is 0 Å². The molecule has 1 nitrogen and oxygen atoms in total. The Morgan fingerprint density at radius 3 is 2.71 bits per heavy atom. The summed E-state index contributed by atoms with van der Waals surface area (Å²) in [7, 11) is 0. The molecule has 0 saturated carbocycles. The lowest BCUT2D eigenvalue weighted by Crippen LogP contribution is -2.05. The first-order valence-electron chi connectivity index (χ1n) is 4.35. The lowest BCUT2D eigenvalue weighted by atomic mass is 10.1. The number of nitrogens with two attached hydrogens (primary N) is 1. The summed E-state index contributed by atoms with van der Waals surface area (Å²) >= 11 is 0. The van der Waals surface area contributed by atoms with Gasteiger partial charge in [0.25, 0.3) is 6.43 Å². The van der Waals surface area contributed by atoms with Crippen molar-refractivity contribution in [2.45, 2.75) is 25.3 Å². The molecule has 0 heterocycles. The highest BCUT2D eigenvalue weighted by atomic mass is 35.5. The van der Waals surface area contributed by atoms with Gasteiger partial charge in [-0.2, -0.15) is 0 Å². The van der Waals surface area contributed by atoms with Crippen molar-refractivity contribution in [1.82, 2.24) is 0 Å². The van der Waals surface area contributed by atoms with E-state index >= 15 is 0 Å². The summed E-state index contributed by atoms with van der Waals surface area (Å²) in [5.74, 6) is 0. The maximum absolute atomic E-state index is 12.3. The van der Waals surface area contributed by atoms with E-state index in [-0.39, 0.29) is 24.0 Å². The zero-order valence-electron chi connectivity index (χ0n) is 7.54. The van der Waals surface area contributed by atoms with Crippen molar-refractivity contribution in [1.29, 1.82) is 0 Å². The molecule has 0 spiro atoms. The number of hydrogen-bond acceptors (Lipinski definition) is 1. The molecule has 1 aromatic carbocycles. The van der Waals surface area contributed by atoms with Crippen molar-refractivity contribution >= 4 is 12.4 Å². The Hall–Kier alpha value is -0.670. The van der Waals surface area contributed by atoms with Gasteiger partial charge in [0.2, 0.25) is 0 Å². The Balaban J connectivity index is 0.000000980. The van der Waals surface area contributed by atoms with Gasteiger partial charge >= 0.3 is 0 Å². The van der Waals surface area contributed by atoms with Crippen molar-refractivity contribution in [2.24, 2.45) is 5.73 Å². The topological polar surface area (TPSA) is 26.0 Å². The largest absolute Gasteiger partial charge is 0.324 e. The molecule has 1 atom stereocenters. The van der Waals surface area contributed by atoms with E-state index in [4.69, 9.17) is 5.73 Å². The van der Waals surface area contributed by atoms with E-state index < -0.39 is 6.43 Å². The fourth-order valence-corrected chi connectivity index (χ4v) is 1.81. The second-order valence-electron chi connectivity index (χ2n) is 3.40. The SMILES string of the molecule is Cl.NC1CCc2cc(C(F)F)ccc21. The van der Waals surface area contributed by atoms with E-state index in [0.29, 0.717) is 0 Å². The monoisotopic (exact) mass is 219 g/mol. The smallest absolute Gasteiger partial charge is 0.263 e. The van der Waals surface area contributed by atoms with Crippen LogP contribution in [0.4, 0.5) is 8.78 Å². The zero-order chi connectivity index (χ0) is 9.42. The number of alkyl halides is 2. The lowest BCUT2D eigenvalue weighted by molar-refractivity contribution is 0.151. The van der Waals surface area contributed by atoms with Crippen LogP contribution in [0.2, 0.25) is 0 Å². The van der Waals surface area contributed by atoms with Gasteiger partial charge in [-0.3, -0.25) is 0 Å². The van der Waals surface area contributed by atoms with Crippen LogP contribution in [-0.4, -0.2) is 0 Å². The van der Waals surface area contributed by atoms with Gasteiger partial charge in [-0.1, -0.05) is 12.1 Å². The van der Waals surface area contributed by atoms with Crippen LogP contribution >= 0.6 is 12.4 Å². The van der Waals surface area contributed by atoms with Gasteiger partial charge in [0, 0.05) is 11.6 Å². The molecule has 4 heteroatoms. The number of rotatable bonds is 1. The highest BCUT2D eigenvalue weighted by Gasteiger charge is 2.20. The van der Waals surface area contributed by atoms with E-state index in [2.05, 4.69) is 0 Å². The second kappa shape index (κ2) is 4.24. The summed E-state index contributed by atoms with van der Waals surface area (Å²) < 4.78 is 24.6. The van der Waals surface area contributed by atoms with Crippen LogP contribution in [0.3, 0.4) is 0 Å². The molecule has 1 aromatic rings. The van der Waals surface area contributed by atoms with Crippen molar-refractivity contribution in [3.8, 4) is 0 Å². The van der Waals surface area contributed by atoms with Gasteiger partial charge in [-0.05, 0) is 30.0 Å². The molecule has 1 aliphatic rings. The van der Waals surface area contributed by atoms with Gasteiger partial charge < -0.3 is 5.73 Å². The van der Waals surface area contributed by atoms with Crippen molar-refractivity contribution in [3.05, 3.63) is 34.9 Å². The summed E-state index contributed by atoms with van der Waals surface area (Å²) in [5.41, 5.74) is 7.91. The molecule has 0 aromatic heterocycles. The van der Waals surface area contributed by atoms with E-state index in [1.165, 1.54) is 6.07 Å². The minimum absolute atomic E-state index is 0. The predicted octanol–water partition coefficient (Wildman–Crippen LogP) is 2.99. The Morgan fingerprint density at radius 1 is 1.36 bits per heavy atom. The predicted molar refractivity (Wildman–Crippen MR) is 53.9 cm³/mol. The van der Waals surface area contributed by atoms with Crippen LogP contribution in [-0.2, 0) is 6.42 Å². The number of halogens is 3. The summed E-state index contributed by atoms with van der Waals surface area (Å²) in [6.45, 7) is 0. The summed E-state index contributed by atoms with van der Waals surface area (Å²) in [6.07, 6.45) is -0.666. The molecule has 1 unspecified atom stereocenters. The van der Waals surface area contributed by atoms with Crippen LogP contribution in [0, 0.1) is 0 Å². The molecule has 2 N–H and O–H groups in total. The maximum atomic E-state index is 12.3. The Kier molecular flexibility index (Phi) is 3.45. The molecular weight excluding hydrogens is 208 g/mol. The average Bonchev–Trinajstić information content (AvgIpc) is 2.47. The quantitative estimate of drug-likeness (QED) is 0.772. The van der Waals surface area contributed by atoms with E-state index in [9.17, 15) is 8.78 Å². The zero-order valence-corrected chi connectivity index (χ0v) is 8.36. The standard InChI is InChI=1S/C10H11F2N.ClH/c11-10(12)7-1-3-8-6(5-7)2-4-9(8)13;/h1,3,5,9-10H,2,4,13H2;1H. The molecule has 0 amide bonds. The highest BCUT2D eigenvalue weighted by Crippen LogP contribution is 2.32. The molecule has 0 bridgehead atoms. The second-order valence-corrected chi connectivity index (χ2v) is 3.40. The number of aryl methyl sites for hydroxylation is 1. The number of fused-ring (bicyclic) bond motifs is 1. The van der Waals surface area contributed by atoms with Crippen molar-refractivity contribution < 1.29 is 8.78 Å². The van der Waals surface area contributed by atoms with Gasteiger partial charge in [-0.15, -0.1) is 12.4 Å². The number of hydrogen-bond donors (Lipinski definition) is 1. The first-order chi connectivity index (χ1) is 6.18. The maximum Gasteiger partial charge on any atom is 0.263 e. The molecule has 1 aliphatic carbocycles. The van der Waals surface area contributed by atoms with Gasteiger partial charge in [0.05, 0.1) is 0 Å². The molecule has 0 fully saturated rings. The molecule has 14 heavy (non-hydrogen) atoms. The summed E-state index contributed by atoms with van der Waals surface area (Å²) in [5, 5.41) is 0. The molecule has 0 saturated heterocycles.